The number of pyridine rings is 1. The normalized spacial score (nSPS) is 11.6. The Hall–Kier alpha value is -1.29. The molecule has 1 N–H and O–H groups in total. The topological polar surface area (TPSA) is 37.3 Å². The highest BCUT2D eigenvalue weighted by molar-refractivity contribution is 6.42. The Balaban J connectivity index is 2.24. The molecule has 2 rings (SSSR count). The minimum absolute atomic E-state index is 0.183. The van der Waals surface area contributed by atoms with Crippen molar-refractivity contribution in [1.29, 1.82) is 0 Å². The lowest BCUT2D eigenvalue weighted by atomic mass is 10.0. The molecule has 0 aliphatic heterocycles. The molecule has 6 heteroatoms. The van der Waals surface area contributed by atoms with E-state index in [4.69, 9.17) is 34.8 Å². The van der Waals surface area contributed by atoms with Gasteiger partial charge in [0.1, 0.15) is 5.15 Å². The monoisotopic (exact) mass is 341 g/mol. The average molecular weight is 343 g/mol. The van der Waals surface area contributed by atoms with Crippen molar-refractivity contribution in [3.63, 3.8) is 0 Å². The van der Waals surface area contributed by atoms with E-state index in [0.717, 1.165) is 11.3 Å². The fraction of sp³-hybridized carbons (Fsp3) is 0.200. The third-order valence-electron chi connectivity index (χ3n) is 3.14. The van der Waals surface area contributed by atoms with Crippen LogP contribution in [0.5, 0.6) is 0 Å². The number of nitrogens with one attached hydrogen (secondary N) is 1. The molecule has 0 aliphatic carbocycles. The van der Waals surface area contributed by atoms with Gasteiger partial charge in [0, 0.05) is 0 Å². The molecule has 0 unspecified atom stereocenters. The van der Waals surface area contributed by atoms with Crippen LogP contribution in [0.2, 0.25) is 15.2 Å². The zero-order valence-corrected chi connectivity index (χ0v) is 14.1. The summed E-state index contributed by atoms with van der Waals surface area (Å²) in [5.41, 5.74) is 7.13. The lowest BCUT2D eigenvalue weighted by molar-refractivity contribution is 1.22. The molecule has 0 fully saturated rings. The predicted octanol–water partition coefficient (Wildman–Crippen LogP) is 5.49. The Morgan fingerprint density at radius 2 is 1.76 bits per heavy atom. The van der Waals surface area contributed by atoms with Crippen LogP contribution in [0.1, 0.15) is 23.6 Å². The Morgan fingerprint density at radius 1 is 1.05 bits per heavy atom. The van der Waals surface area contributed by atoms with Gasteiger partial charge in [-0.05, 0) is 49.6 Å². The SMILES string of the molecule is CC(=NNc1nc(Cl)c(Cl)cc1Cl)c1ccc(C)c(C)c1. The van der Waals surface area contributed by atoms with Crippen LogP contribution in [0.25, 0.3) is 0 Å². The number of hydrogen-bond donors (Lipinski definition) is 1. The number of hydrogen-bond acceptors (Lipinski definition) is 3. The number of rotatable bonds is 3. The third-order valence-corrected chi connectivity index (χ3v) is 4.10. The van der Waals surface area contributed by atoms with Crippen molar-refractivity contribution in [3.8, 4) is 0 Å². The molecule has 0 aliphatic rings. The van der Waals surface area contributed by atoms with Crippen molar-refractivity contribution < 1.29 is 0 Å². The average Bonchev–Trinajstić information content (AvgIpc) is 2.44. The summed E-state index contributed by atoms with van der Waals surface area (Å²) in [6.07, 6.45) is 0. The smallest absolute Gasteiger partial charge is 0.166 e. The van der Waals surface area contributed by atoms with Gasteiger partial charge in [0.15, 0.2) is 5.82 Å². The maximum absolute atomic E-state index is 6.04. The van der Waals surface area contributed by atoms with E-state index < -0.39 is 0 Å². The van der Waals surface area contributed by atoms with Crippen molar-refractivity contribution in [1.82, 2.24) is 4.98 Å². The highest BCUT2D eigenvalue weighted by Crippen LogP contribution is 2.28. The van der Waals surface area contributed by atoms with E-state index in [9.17, 15) is 0 Å². The highest BCUT2D eigenvalue weighted by atomic mass is 35.5. The van der Waals surface area contributed by atoms with E-state index in [2.05, 4.69) is 41.5 Å². The van der Waals surface area contributed by atoms with E-state index in [1.54, 1.807) is 0 Å². The summed E-state index contributed by atoms with van der Waals surface area (Å²) < 4.78 is 0. The van der Waals surface area contributed by atoms with Crippen LogP contribution in [0.15, 0.2) is 29.4 Å². The van der Waals surface area contributed by atoms with Crippen molar-refractivity contribution >= 4 is 46.3 Å². The number of benzene rings is 1. The van der Waals surface area contributed by atoms with Crippen LogP contribution >= 0.6 is 34.8 Å². The first-order valence-corrected chi connectivity index (χ1v) is 7.41. The Kier molecular flexibility index (Phi) is 5.09. The van der Waals surface area contributed by atoms with Crippen LogP contribution < -0.4 is 5.43 Å². The summed E-state index contributed by atoms with van der Waals surface area (Å²) in [6, 6.07) is 7.70. The number of aromatic nitrogens is 1. The molecule has 1 heterocycles. The van der Waals surface area contributed by atoms with E-state index >= 15 is 0 Å². The van der Waals surface area contributed by atoms with E-state index in [-0.39, 0.29) is 5.15 Å². The third kappa shape index (κ3) is 3.88. The summed E-state index contributed by atoms with van der Waals surface area (Å²) in [6.45, 7) is 6.04. The molecule has 0 saturated carbocycles. The van der Waals surface area contributed by atoms with Gasteiger partial charge >= 0.3 is 0 Å². The van der Waals surface area contributed by atoms with Gasteiger partial charge < -0.3 is 0 Å². The molecule has 0 spiro atoms. The summed E-state index contributed by atoms with van der Waals surface area (Å²) >= 11 is 17.7. The van der Waals surface area contributed by atoms with Crippen molar-refractivity contribution in [3.05, 3.63) is 56.2 Å². The first-order valence-electron chi connectivity index (χ1n) is 6.28. The Labute approximate surface area is 138 Å². The van der Waals surface area contributed by atoms with Gasteiger partial charge in [-0.15, -0.1) is 0 Å². The Morgan fingerprint density at radius 3 is 2.43 bits per heavy atom. The van der Waals surface area contributed by atoms with Gasteiger partial charge in [0.2, 0.25) is 0 Å². The van der Waals surface area contributed by atoms with Crippen LogP contribution in [0, 0.1) is 13.8 Å². The van der Waals surface area contributed by atoms with Gasteiger partial charge in [0.05, 0.1) is 15.8 Å². The van der Waals surface area contributed by atoms with Gasteiger partial charge in [0.25, 0.3) is 0 Å². The molecular weight excluding hydrogens is 329 g/mol. The first kappa shape index (κ1) is 16.1. The van der Waals surface area contributed by atoms with E-state index in [1.165, 1.54) is 17.2 Å². The maximum atomic E-state index is 6.04. The number of aryl methyl sites for hydroxylation is 2. The number of halogens is 3. The summed E-state index contributed by atoms with van der Waals surface area (Å²) in [7, 11) is 0. The van der Waals surface area contributed by atoms with Gasteiger partial charge in [-0.2, -0.15) is 5.10 Å². The molecule has 3 nitrogen and oxygen atoms in total. The second kappa shape index (κ2) is 6.65. The quantitative estimate of drug-likeness (QED) is 0.454. The van der Waals surface area contributed by atoms with Crippen molar-refractivity contribution in [2.75, 3.05) is 5.43 Å². The van der Waals surface area contributed by atoms with Crippen LogP contribution in [-0.2, 0) is 0 Å². The van der Waals surface area contributed by atoms with Gasteiger partial charge in [-0.1, -0.05) is 46.9 Å². The predicted molar refractivity (Wildman–Crippen MR) is 91.0 cm³/mol. The molecule has 2 aromatic rings. The molecule has 110 valence electrons. The summed E-state index contributed by atoms with van der Waals surface area (Å²) in [5.74, 6) is 0.370. The minimum Gasteiger partial charge on any atom is -0.260 e. The zero-order chi connectivity index (χ0) is 15.6. The molecular formula is C15H14Cl3N3. The molecule has 0 radical (unpaired) electrons. The number of anilines is 1. The van der Waals surface area contributed by atoms with Crippen molar-refractivity contribution in [2.24, 2.45) is 5.10 Å². The van der Waals surface area contributed by atoms with Crippen LogP contribution in [0.3, 0.4) is 0 Å². The first-order chi connectivity index (χ1) is 9.88. The van der Waals surface area contributed by atoms with Crippen LogP contribution in [0.4, 0.5) is 5.82 Å². The molecule has 1 aromatic heterocycles. The number of nitrogens with zero attached hydrogens (tertiary/aromatic N) is 2. The summed E-state index contributed by atoms with van der Waals surface area (Å²) in [4.78, 5) is 4.05. The van der Waals surface area contributed by atoms with Gasteiger partial charge in [-0.25, -0.2) is 4.98 Å². The fourth-order valence-corrected chi connectivity index (χ4v) is 2.23. The largest absolute Gasteiger partial charge is 0.260 e. The minimum atomic E-state index is 0.183. The molecule has 0 amide bonds. The molecule has 21 heavy (non-hydrogen) atoms. The highest BCUT2D eigenvalue weighted by Gasteiger charge is 2.07. The lowest BCUT2D eigenvalue weighted by Crippen LogP contribution is -2.02. The zero-order valence-electron chi connectivity index (χ0n) is 11.8. The molecule has 0 atom stereocenters. The lowest BCUT2D eigenvalue weighted by Gasteiger charge is -2.07. The van der Waals surface area contributed by atoms with E-state index in [1.807, 2.05) is 13.0 Å². The summed E-state index contributed by atoms with van der Waals surface area (Å²) in [5, 5.41) is 5.14. The maximum Gasteiger partial charge on any atom is 0.166 e. The van der Waals surface area contributed by atoms with Crippen LogP contribution in [-0.4, -0.2) is 10.7 Å². The second-order valence-electron chi connectivity index (χ2n) is 4.70. The fourth-order valence-electron chi connectivity index (χ4n) is 1.69. The Bertz CT molecular complexity index is 712. The molecule has 1 aromatic carbocycles. The van der Waals surface area contributed by atoms with Crippen molar-refractivity contribution in [2.45, 2.75) is 20.8 Å². The number of hydrazone groups is 1. The van der Waals surface area contributed by atoms with Gasteiger partial charge in [-0.3, -0.25) is 5.43 Å². The molecule has 0 saturated heterocycles. The second-order valence-corrected chi connectivity index (χ2v) is 5.87. The van der Waals surface area contributed by atoms with E-state index in [0.29, 0.717) is 15.9 Å². The molecule has 0 bridgehead atoms. The standard InChI is InChI=1S/C15H14Cl3N3/c1-8-4-5-11(6-9(8)2)10(3)20-21-15-13(17)7-12(16)14(18)19-15/h4-7H,1-3H3,(H,19,21).